The van der Waals surface area contributed by atoms with E-state index in [0.29, 0.717) is 0 Å². The molecule has 0 N–H and O–H groups in total. The third-order valence-corrected chi connectivity index (χ3v) is 1.53. The van der Waals surface area contributed by atoms with Crippen molar-refractivity contribution in [3.05, 3.63) is 0 Å². The fourth-order valence-corrected chi connectivity index (χ4v) is 0.950. The van der Waals surface area contributed by atoms with Gasteiger partial charge in [0.05, 0.1) is 0 Å². The van der Waals surface area contributed by atoms with E-state index in [-0.39, 0.29) is 6.29 Å². The van der Waals surface area contributed by atoms with Crippen molar-refractivity contribution in [2.75, 3.05) is 33.9 Å². The van der Waals surface area contributed by atoms with Crippen LogP contribution < -0.4 is 0 Å². The van der Waals surface area contributed by atoms with Gasteiger partial charge in [-0.05, 0) is 26.9 Å². The SMILES string of the molecule is CCCOC(CN(C)C)OCCC. The zero-order valence-electron chi connectivity index (χ0n) is 9.38. The summed E-state index contributed by atoms with van der Waals surface area (Å²) in [6.07, 6.45) is 2.02. The number of nitrogens with zero attached hydrogens (tertiary/aromatic N) is 1. The van der Waals surface area contributed by atoms with Crippen molar-refractivity contribution in [2.24, 2.45) is 0 Å². The van der Waals surface area contributed by atoms with Crippen molar-refractivity contribution in [1.29, 1.82) is 0 Å². The lowest BCUT2D eigenvalue weighted by atomic mass is 10.5. The average Bonchev–Trinajstić information content (AvgIpc) is 2.09. The quantitative estimate of drug-likeness (QED) is 0.543. The highest BCUT2D eigenvalue weighted by Gasteiger charge is 2.09. The number of hydrogen-bond acceptors (Lipinski definition) is 3. The van der Waals surface area contributed by atoms with Crippen LogP contribution in [0, 0.1) is 0 Å². The highest BCUT2D eigenvalue weighted by molar-refractivity contribution is 4.49. The van der Waals surface area contributed by atoms with Crippen molar-refractivity contribution < 1.29 is 9.47 Å². The highest BCUT2D eigenvalue weighted by Crippen LogP contribution is 1.99. The second kappa shape index (κ2) is 8.48. The summed E-state index contributed by atoms with van der Waals surface area (Å²) in [6.45, 7) is 6.60. The molecule has 0 saturated heterocycles. The molecule has 0 aromatic heterocycles. The summed E-state index contributed by atoms with van der Waals surface area (Å²) in [4.78, 5) is 2.08. The minimum Gasteiger partial charge on any atom is -0.351 e. The van der Waals surface area contributed by atoms with E-state index in [4.69, 9.17) is 9.47 Å². The Bertz CT molecular complexity index is 99.1. The van der Waals surface area contributed by atoms with Crippen LogP contribution in [0.4, 0.5) is 0 Å². The summed E-state index contributed by atoms with van der Waals surface area (Å²) < 4.78 is 11.1. The summed E-state index contributed by atoms with van der Waals surface area (Å²) in [5, 5.41) is 0. The van der Waals surface area contributed by atoms with Crippen molar-refractivity contribution in [3.63, 3.8) is 0 Å². The Kier molecular flexibility index (Phi) is 8.40. The zero-order valence-corrected chi connectivity index (χ0v) is 9.38. The molecule has 3 nitrogen and oxygen atoms in total. The molecule has 0 amide bonds. The minimum absolute atomic E-state index is 0.0603. The third kappa shape index (κ3) is 8.22. The van der Waals surface area contributed by atoms with Gasteiger partial charge in [0.15, 0.2) is 6.29 Å². The van der Waals surface area contributed by atoms with Crippen molar-refractivity contribution in [1.82, 2.24) is 4.90 Å². The molecule has 0 heterocycles. The second-order valence-electron chi connectivity index (χ2n) is 3.43. The van der Waals surface area contributed by atoms with Gasteiger partial charge in [0, 0.05) is 19.8 Å². The van der Waals surface area contributed by atoms with Crippen LogP contribution in [0.15, 0.2) is 0 Å². The molecule has 0 radical (unpaired) electrons. The molecular weight excluding hydrogens is 166 g/mol. The molecule has 0 aromatic carbocycles. The topological polar surface area (TPSA) is 21.7 Å². The maximum atomic E-state index is 5.54. The van der Waals surface area contributed by atoms with Crippen LogP contribution in [0.5, 0.6) is 0 Å². The van der Waals surface area contributed by atoms with Crippen LogP contribution in [-0.4, -0.2) is 45.0 Å². The van der Waals surface area contributed by atoms with Crippen LogP contribution in [0.3, 0.4) is 0 Å². The van der Waals surface area contributed by atoms with Gasteiger partial charge in [0.2, 0.25) is 0 Å². The Balaban J connectivity index is 3.60. The van der Waals surface area contributed by atoms with Crippen LogP contribution in [0.1, 0.15) is 26.7 Å². The molecule has 0 saturated carbocycles. The molecule has 13 heavy (non-hydrogen) atoms. The molecule has 80 valence electrons. The van der Waals surface area contributed by atoms with Crippen molar-refractivity contribution in [2.45, 2.75) is 33.0 Å². The van der Waals surface area contributed by atoms with Gasteiger partial charge in [-0.3, -0.25) is 0 Å². The Morgan fingerprint density at radius 2 is 1.46 bits per heavy atom. The lowest BCUT2D eigenvalue weighted by molar-refractivity contribution is -0.149. The van der Waals surface area contributed by atoms with Crippen LogP contribution in [0.25, 0.3) is 0 Å². The summed E-state index contributed by atoms with van der Waals surface area (Å²) in [6, 6.07) is 0. The number of rotatable bonds is 8. The van der Waals surface area contributed by atoms with Crippen molar-refractivity contribution in [3.8, 4) is 0 Å². The molecule has 0 rings (SSSR count). The maximum Gasteiger partial charge on any atom is 0.170 e. The Labute approximate surface area is 82.0 Å². The first kappa shape index (κ1) is 12.9. The molecular formula is C10H23NO2. The molecule has 0 aliphatic rings. The average molecular weight is 189 g/mol. The first-order valence-corrected chi connectivity index (χ1v) is 5.08. The normalized spacial score (nSPS) is 11.5. The maximum absolute atomic E-state index is 5.54. The van der Waals surface area contributed by atoms with E-state index in [1.54, 1.807) is 0 Å². The van der Waals surface area contributed by atoms with E-state index in [0.717, 1.165) is 32.6 Å². The molecule has 0 bridgehead atoms. The van der Waals surface area contributed by atoms with Crippen LogP contribution in [0.2, 0.25) is 0 Å². The molecule has 3 heteroatoms. The van der Waals surface area contributed by atoms with Gasteiger partial charge in [0.25, 0.3) is 0 Å². The molecule has 0 unspecified atom stereocenters. The standard InChI is InChI=1S/C10H23NO2/c1-5-7-12-10(9-11(3)4)13-8-6-2/h10H,5-9H2,1-4H3. The number of likely N-dealkylation sites (N-methyl/N-ethyl adjacent to an activating group) is 1. The second-order valence-corrected chi connectivity index (χ2v) is 3.43. The predicted octanol–water partition coefficient (Wildman–Crippen LogP) is 1.73. The van der Waals surface area contributed by atoms with Gasteiger partial charge in [-0.15, -0.1) is 0 Å². The highest BCUT2D eigenvalue weighted by atomic mass is 16.7. The molecule has 0 aliphatic carbocycles. The summed E-state index contributed by atoms with van der Waals surface area (Å²) in [7, 11) is 4.05. The molecule has 0 spiro atoms. The first-order valence-electron chi connectivity index (χ1n) is 5.08. The molecule has 0 atom stereocenters. The lowest BCUT2D eigenvalue weighted by Gasteiger charge is -2.21. The van der Waals surface area contributed by atoms with Gasteiger partial charge in [-0.25, -0.2) is 0 Å². The summed E-state index contributed by atoms with van der Waals surface area (Å²) in [5.74, 6) is 0. The Morgan fingerprint density at radius 3 is 1.77 bits per heavy atom. The van der Waals surface area contributed by atoms with E-state index >= 15 is 0 Å². The van der Waals surface area contributed by atoms with Crippen molar-refractivity contribution >= 4 is 0 Å². The van der Waals surface area contributed by atoms with E-state index in [1.165, 1.54) is 0 Å². The molecule has 0 aromatic rings. The fraction of sp³-hybridized carbons (Fsp3) is 1.00. The van der Waals surface area contributed by atoms with E-state index in [9.17, 15) is 0 Å². The smallest absolute Gasteiger partial charge is 0.170 e. The predicted molar refractivity (Wildman–Crippen MR) is 54.8 cm³/mol. The van der Waals surface area contributed by atoms with Gasteiger partial charge >= 0.3 is 0 Å². The lowest BCUT2D eigenvalue weighted by Crippen LogP contribution is -2.31. The van der Waals surface area contributed by atoms with Gasteiger partial charge in [0.1, 0.15) is 0 Å². The van der Waals surface area contributed by atoms with Crippen LogP contribution in [-0.2, 0) is 9.47 Å². The van der Waals surface area contributed by atoms with Gasteiger partial charge in [-0.1, -0.05) is 13.8 Å². The minimum atomic E-state index is -0.0603. The van der Waals surface area contributed by atoms with E-state index < -0.39 is 0 Å². The Hall–Kier alpha value is -0.120. The largest absolute Gasteiger partial charge is 0.351 e. The van der Waals surface area contributed by atoms with Gasteiger partial charge in [-0.2, -0.15) is 0 Å². The van der Waals surface area contributed by atoms with E-state index in [1.807, 2.05) is 14.1 Å². The van der Waals surface area contributed by atoms with Gasteiger partial charge < -0.3 is 14.4 Å². The van der Waals surface area contributed by atoms with E-state index in [2.05, 4.69) is 18.7 Å². The monoisotopic (exact) mass is 189 g/mol. The van der Waals surface area contributed by atoms with Crippen LogP contribution >= 0.6 is 0 Å². The Morgan fingerprint density at radius 1 is 1.00 bits per heavy atom. The third-order valence-electron chi connectivity index (χ3n) is 1.53. The number of ether oxygens (including phenoxy) is 2. The fourth-order valence-electron chi connectivity index (χ4n) is 0.950. The summed E-state index contributed by atoms with van der Waals surface area (Å²) in [5.41, 5.74) is 0. The summed E-state index contributed by atoms with van der Waals surface area (Å²) >= 11 is 0. The molecule has 0 fully saturated rings. The number of hydrogen-bond donors (Lipinski definition) is 0. The molecule has 0 aliphatic heterocycles. The zero-order chi connectivity index (χ0) is 10.1. The first-order chi connectivity index (χ1) is 6.20.